The Morgan fingerprint density at radius 3 is 2.58 bits per heavy atom. The Morgan fingerprint density at radius 1 is 1.32 bits per heavy atom. The second kappa shape index (κ2) is 8.19. The van der Waals surface area contributed by atoms with Gasteiger partial charge in [0.15, 0.2) is 0 Å². The number of rotatable bonds is 11. The highest BCUT2D eigenvalue weighted by Crippen LogP contribution is 2.18. The fraction of sp³-hybridized carbons (Fsp3) is 1.00. The molecule has 0 aromatic carbocycles. The molecule has 0 amide bonds. The molecule has 19 heavy (non-hydrogen) atoms. The van der Waals surface area contributed by atoms with Crippen molar-refractivity contribution in [3.63, 3.8) is 0 Å². The normalized spacial score (nSPS) is 16.5. The maximum Gasteiger partial charge on any atom is 0.213 e. The van der Waals surface area contributed by atoms with Crippen LogP contribution in [0.2, 0.25) is 0 Å². The van der Waals surface area contributed by atoms with Crippen molar-refractivity contribution in [1.29, 1.82) is 0 Å². The first-order chi connectivity index (χ1) is 8.92. The van der Waals surface area contributed by atoms with E-state index < -0.39 is 10.0 Å². The van der Waals surface area contributed by atoms with Crippen molar-refractivity contribution in [2.24, 2.45) is 0 Å². The topological polar surface area (TPSA) is 58.6 Å². The summed E-state index contributed by atoms with van der Waals surface area (Å²) in [4.78, 5) is 0. The number of nitrogens with zero attached hydrogens (tertiary/aromatic N) is 1. The zero-order valence-corrected chi connectivity index (χ0v) is 13.2. The SMILES string of the molecule is CC(C)OCCN(C)S(=O)(=O)CCCCNC1CC1. The number of sulfonamides is 1. The summed E-state index contributed by atoms with van der Waals surface area (Å²) >= 11 is 0. The van der Waals surface area contributed by atoms with Gasteiger partial charge < -0.3 is 10.1 Å². The Bertz CT molecular complexity index is 340. The molecule has 114 valence electrons. The quantitative estimate of drug-likeness (QED) is 0.582. The third-order valence-corrected chi connectivity index (χ3v) is 5.11. The molecule has 0 spiro atoms. The van der Waals surface area contributed by atoms with Crippen molar-refractivity contribution in [1.82, 2.24) is 9.62 Å². The van der Waals surface area contributed by atoms with Crippen LogP contribution in [-0.2, 0) is 14.8 Å². The monoisotopic (exact) mass is 292 g/mol. The highest BCUT2D eigenvalue weighted by Gasteiger charge is 2.20. The van der Waals surface area contributed by atoms with E-state index in [9.17, 15) is 8.42 Å². The molecule has 1 aliphatic carbocycles. The van der Waals surface area contributed by atoms with Gasteiger partial charge in [-0.1, -0.05) is 0 Å². The molecule has 0 unspecified atom stereocenters. The average Bonchev–Trinajstić information content (AvgIpc) is 3.11. The first-order valence-corrected chi connectivity index (χ1v) is 8.81. The van der Waals surface area contributed by atoms with Crippen LogP contribution >= 0.6 is 0 Å². The van der Waals surface area contributed by atoms with Crippen LogP contribution < -0.4 is 5.32 Å². The lowest BCUT2D eigenvalue weighted by Crippen LogP contribution is -2.33. The number of ether oxygens (including phenoxy) is 1. The molecule has 6 heteroatoms. The molecule has 0 aromatic rings. The third-order valence-electron chi connectivity index (χ3n) is 3.17. The molecule has 1 aliphatic rings. The van der Waals surface area contributed by atoms with Crippen LogP contribution in [0.1, 0.15) is 39.5 Å². The lowest BCUT2D eigenvalue weighted by Gasteiger charge is -2.18. The summed E-state index contributed by atoms with van der Waals surface area (Å²) in [6.45, 7) is 5.71. The van der Waals surface area contributed by atoms with Crippen LogP contribution in [0.3, 0.4) is 0 Å². The van der Waals surface area contributed by atoms with Crippen molar-refractivity contribution < 1.29 is 13.2 Å². The van der Waals surface area contributed by atoms with Gasteiger partial charge in [0, 0.05) is 19.6 Å². The standard InChI is InChI=1S/C13H28N2O3S/c1-12(2)18-10-9-15(3)19(16,17)11-5-4-8-14-13-6-7-13/h12-14H,4-11H2,1-3H3. The van der Waals surface area contributed by atoms with Gasteiger partial charge in [-0.2, -0.15) is 0 Å². The van der Waals surface area contributed by atoms with E-state index >= 15 is 0 Å². The summed E-state index contributed by atoms with van der Waals surface area (Å²) in [5, 5.41) is 3.39. The smallest absolute Gasteiger partial charge is 0.213 e. The number of likely N-dealkylation sites (N-methyl/N-ethyl adjacent to an activating group) is 1. The molecular weight excluding hydrogens is 264 g/mol. The van der Waals surface area contributed by atoms with Gasteiger partial charge in [-0.15, -0.1) is 0 Å². The average molecular weight is 292 g/mol. The zero-order chi connectivity index (χ0) is 14.3. The van der Waals surface area contributed by atoms with Crippen LogP contribution in [0.4, 0.5) is 0 Å². The van der Waals surface area contributed by atoms with E-state index in [-0.39, 0.29) is 11.9 Å². The van der Waals surface area contributed by atoms with Gasteiger partial charge in [0.2, 0.25) is 10.0 Å². The molecule has 0 heterocycles. The van der Waals surface area contributed by atoms with Crippen LogP contribution in [0.15, 0.2) is 0 Å². The number of nitrogens with one attached hydrogen (secondary N) is 1. The van der Waals surface area contributed by atoms with Crippen molar-refractivity contribution >= 4 is 10.0 Å². The van der Waals surface area contributed by atoms with Gasteiger partial charge >= 0.3 is 0 Å². The molecule has 5 nitrogen and oxygen atoms in total. The predicted molar refractivity (Wildman–Crippen MR) is 77.8 cm³/mol. The van der Waals surface area contributed by atoms with E-state index in [4.69, 9.17) is 4.74 Å². The molecule has 0 aliphatic heterocycles. The summed E-state index contributed by atoms with van der Waals surface area (Å²) in [6, 6.07) is 0.701. The highest BCUT2D eigenvalue weighted by atomic mass is 32.2. The van der Waals surface area contributed by atoms with Gasteiger partial charge in [-0.05, 0) is 46.1 Å². The van der Waals surface area contributed by atoms with Gasteiger partial charge in [0.1, 0.15) is 0 Å². The molecule has 0 saturated heterocycles. The second-order valence-corrected chi connectivity index (χ2v) is 7.69. The third kappa shape index (κ3) is 7.87. The summed E-state index contributed by atoms with van der Waals surface area (Å²) in [6.07, 6.45) is 4.33. The van der Waals surface area contributed by atoms with Gasteiger partial charge in [0.05, 0.1) is 18.5 Å². The molecule has 0 radical (unpaired) electrons. The summed E-state index contributed by atoms with van der Waals surface area (Å²) in [7, 11) is -1.49. The van der Waals surface area contributed by atoms with Gasteiger partial charge in [0.25, 0.3) is 0 Å². The summed E-state index contributed by atoms with van der Waals surface area (Å²) < 4.78 is 30.7. The van der Waals surface area contributed by atoms with Gasteiger partial charge in [-0.3, -0.25) is 0 Å². The minimum Gasteiger partial charge on any atom is -0.377 e. The highest BCUT2D eigenvalue weighted by molar-refractivity contribution is 7.89. The molecule has 1 N–H and O–H groups in total. The minimum absolute atomic E-state index is 0.143. The van der Waals surface area contributed by atoms with Crippen molar-refractivity contribution in [3.8, 4) is 0 Å². The Morgan fingerprint density at radius 2 is 2.00 bits per heavy atom. The predicted octanol–water partition coefficient (Wildman–Crippen LogP) is 1.21. The first-order valence-electron chi connectivity index (χ1n) is 7.21. The van der Waals surface area contributed by atoms with Crippen molar-refractivity contribution in [2.45, 2.75) is 51.7 Å². The lowest BCUT2D eigenvalue weighted by atomic mass is 10.3. The lowest BCUT2D eigenvalue weighted by molar-refractivity contribution is 0.0737. The van der Waals surface area contributed by atoms with Crippen LogP contribution in [0.5, 0.6) is 0 Å². The second-order valence-electron chi connectivity index (χ2n) is 5.49. The molecular formula is C13H28N2O3S. The van der Waals surface area contributed by atoms with Crippen molar-refractivity contribution in [2.75, 3.05) is 32.5 Å². The fourth-order valence-corrected chi connectivity index (χ4v) is 2.95. The molecule has 0 atom stereocenters. The van der Waals surface area contributed by atoms with E-state index in [1.165, 1.54) is 17.1 Å². The Labute approximate surface area is 117 Å². The van der Waals surface area contributed by atoms with Crippen LogP contribution in [0.25, 0.3) is 0 Å². The maximum absolute atomic E-state index is 12.0. The number of hydrogen-bond donors (Lipinski definition) is 1. The van der Waals surface area contributed by atoms with Gasteiger partial charge in [-0.25, -0.2) is 12.7 Å². The van der Waals surface area contributed by atoms with Crippen LogP contribution in [0, 0.1) is 0 Å². The number of unbranched alkanes of at least 4 members (excludes halogenated alkanes) is 1. The van der Waals surface area contributed by atoms with E-state index in [0.29, 0.717) is 19.2 Å². The minimum atomic E-state index is -3.12. The fourth-order valence-electron chi connectivity index (χ4n) is 1.71. The Hall–Kier alpha value is -0.170. The van der Waals surface area contributed by atoms with E-state index in [1.54, 1.807) is 7.05 Å². The summed E-state index contributed by atoms with van der Waals surface area (Å²) in [5.74, 6) is 0.234. The van der Waals surface area contributed by atoms with E-state index in [2.05, 4.69) is 5.32 Å². The molecule has 0 bridgehead atoms. The maximum atomic E-state index is 12.0. The number of hydrogen-bond acceptors (Lipinski definition) is 4. The Balaban J connectivity index is 2.09. The Kier molecular flexibility index (Phi) is 7.28. The largest absolute Gasteiger partial charge is 0.377 e. The molecule has 1 fully saturated rings. The van der Waals surface area contributed by atoms with Crippen molar-refractivity contribution in [3.05, 3.63) is 0 Å². The molecule has 1 saturated carbocycles. The van der Waals surface area contributed by atoms with Crippen LogP contribution in [-0.4, -0.2) is 57.4 Å². The van der Waals surface area contributed by atoms with E-state index in [1.807, 2.05) is 13.8 Å². The van der Waals surface area contributed by atoms with E-state index in [0.717, 1.165) is 19.4 Å². The molecule has 1 rings (SSSR count). The summed E-state index contributed by atoms with van der Waals surface area (Å²) in [5.41, 5.74) is 0. The zero-order valence-electron chi connectivity index (χ0n) is 12.4. The first kappa shape index (κ1) is 16.9. The molecule has 0 aromatic heterocycles.